The summed E-state index contributed by atoms with van der Waals surface area (Å²) in [6.07, 6.45) is -12.7. The van der Waals surface area contributed by atoms with Gasteiger partial charge in [-0.3, -0.25) is 9.59 Å². The molecule has 2 atom stereocenters. The Balaban J connectivity index is 1.96. The van der Waals surface area contributed by atoms with Gasteiger partial charge in [-0.2, -0.15) is 26.3 Å². The molecule has 0 bridgehead atoms. The first-order valence-electron chi connectivity index (χ1n) is 10.9. The molecule has 0 aliphatic carbocycles. The van der Waals surface area contributed by atoms with Gasteiger partial charge in [0.2, 0.25) is 0 Å². The zero-order valence-electron chi connectivity index (χ0n) is 19.8. The average Bonchev–Trinajstić information content (AvgIpc) is 3.20. The predicted octanol–water partition coefficient (Wildman–Crippen LogP) is 3.20. The van der Waals surface area contributed by atoms with Gasteiger partial charge in [0, 0.05) is 24.1 Å². The number of anilines is 1. The van der Waals surface area contributed by atoms with Crippen LogP contribution in [0, 0.1) is 0 Å². The van der Waals surface area contributed by atoms with E-state index < -0.39 is 57.3 Å². The Bertz CT molecular complexity index is 1330. The fourth-order valence-corrected chi connectivity index (χ4v) is 4.68. The Morgan fingerprint density at radius 2 is 1.61 bits per heavy atom. The van der Waals surface area contributed by atoms with Gasteiger partial charge in [0.1, 0.15) is 12.1 Å². The standard InChI is InChI=1S/C23H22F6N2O6S/c1-3-17(32)20(34)31-11-12-10-15(38(2,36)37)8-9-16(12)18(31)19(33)30-14-6-4-13(5-7-14)21(35,22(24,25)26)23(27,28)29/h4-10,17-18,32,35H,3,11H2,1-2H3,(H,30,33)/t17-,18+/m1/s1. The zero-order chi connectivity index (χ0) is 28.8. The fraction of sp³-hybridized carbons (Fsp3) is 0.391. The number of sulfone groups is 1. The zero-order valence-corrected chi connectivity index (χ0v) is 20.6. The van der Waals surface area contributed by atoms with Gasteiger partial charge in [-0.05, 0) is 41.8 Å². The molecule has 2 aromatic rings. The molecular weight excluding hydrogens is 546 g/mol. The highest BCUT2D eigenvalue weighted by molar-refractivity contribution is 7.90. The summed E-state index contributed by atoms with van der Waals surface area (Å²) in [4.78, 5) is 26.8. The van der Waals surface area contributed by atoms with Crippen LogP contribution in [0.5, 0.6) is 0 Å². The first kappa shape index (κ1) is 29.4. The van der Waals surface area contributed by atoms with Crippen molar-refractivity contribution in [2.45, 2.75) is 54.9 Å². The largest absolute Gasteiger partial charge is 0.430 e. The molecule has 0 saturated heterocycles. The quantitative estimate of drug-likeness (QED) is 0.460. The van der Waals surface area contributed by atoms with E-state index in [9.17, 15) is 54.6 Å². The van der Waals surface area contributed by atoms with Crippen LogP contribution in [-0.4, -0.2) is 60.1 Å². The van der Waals surface area contributed by atoms with E-state index in [-0.39, 0.29) is 29.1 Å². The maximum atomic E-state index is 13.2. The maximum absolute atomic E-state index is 13.2. The number of fused-ring (bicyclic) bond motifs is 1. The Hall–Kier alpha value is -3.17. The molecule has 0 aromatic heterocycles. The molecule has 3 N–H and O–H groups in total. The minimum Gasteiger partial charge on any atom is -0.383 e. The van der Waals surface area contributed by atoms with Crippen LogP contribution in [0.1, 0.15) is 36.1 Å². The van der Waals surface area contributed by atoms with Crippen molar-refractivity contribution in [2.75, 3.05) is 11.6 Å². The first-order valence-corrected chi connectivity index (χ1v) is 12.8. The lowest BCUT2D eigenvalue weighted by atomic mass is 9.92. The van der Waals surface area contributed by atoms with E-state index >= 15 is 0 Å². The Labute approximate surface area is 212 Å². The Morgan fingerprint density at radius 1 is 1.05 bits per heavy atom. The van der Waals surface area contributed by atoms with Gasteiger partial charge in [-0.1, -0.05) is 25.1 Å². The summed E-state index contributed by atoms with van der Waals surface area (Å²) >= 11 is 0. The van der Waals surface area contributed by atoms with Gasteiger partial charge >= 0.3 is 12.4 Å². The van der Waals surface area contributed by atoms with Crippen molar-refractivity contribution in [3.63, 3.8) is 0 Å². The van der Waals surface area contributed by atoms with Gasteiger partial charge < -0.3 is 20.4 Å². The number of aliphatic hydroxyl groups excluding tert-OH is 1. The molecule has 0 unspecified atom stereocenters. The third-order valence-electron chi connectivity index (χ3n) is 6.08. The number of benzene rings is 2. The smallest absolute Gasteiger partial charge is 0.383 e. The molecule has 3 rings (SSSR count). The summed E-state index contributed by atoms with van der Waals surface area (Å²) in [6.45, 7) is 1.27. The van der Waals surface area contributed by atoms with Gasteiger partial charge in [-0.25, -0.2) is 8.42 Å². The molecule has 0 spiro atoms. The molecule has 0 saturated carbocycles. The van der Waals surface area contributed by atoms with E-state index in [4.69, 9.17) is 0 Å². The van der Waals surface area contributed by atoms with Crippen LogP contribution >= 0.6 is 0 Å². The maximum Gasteiger partial charge on any atom is 0.430 e. The van der Waals surface area contributed by atoms with E-state index in [0.717, 1.165) is 11.2 Å². The van der Waals surface area contributed by atoms with Crippen molar-refractivity contribution in [1.82, 2.24) is 4.90 Å². The summed E-state index contributed by atoms with van der Waals surface area (Å²) in [5.74, 6) is -1.78. The Morgan fingerprint density at radius 3 is 2.08 bits per heavy atom. The number of carbonyl (C=O) groups is 2. The number of carbonyl (C=O) groups excluding carboxylic acids is 2. The summed E-state index contributed by atoms with van der Waals surface area (Å²) in [5.41, 5.74) is -6.43. The summed E-state index contributed by atoms with van der Waals surface area (Å²) < 4.78 is 103. The van der Waals surface area contributed by atoms with Crippen LogP contribution in [0.4, 0.5) is 32.0 Å². The molecular formula is C23H22F6N2O6S. The number of nitrogens with one attached hydrogen (secondary N) is 1. The van der Waals surface area contributed by atoms with Crippen LogP contribution in [0.2, 0.25) is 0 Å². The highest BCUT2D eigenvalue weighted by Gasteiger charge is 2.71. The molecule has 0 fully saturated rings. The van der Waals surface area contributed by atoms with Gasteiger partial charge in [-0.15, -0.1) is 0 Å². The van der Waals surface area contributed by atoms with Crippen LogP contribution in [0.15, 0.2) is 47.4 Å². The van der Waals surface area contributed by atoms with E-state index in [1.807, 2.05) is 0 Å². The van der Waals surface area contributed by atoms with Gasteiger partial charge in [0.05, 0.1) is 4.90 Å². The summed E-state index contributed by atoms with van der Waals surface area (Å²) in [5, 5.41) is 21.9. The van der Waals surface area contributed by atoms with Crippen LogP contribution in [0.3, 0.4) is 0 Å². The molecule has 208 valence electrons. The molecule has 15 heteroatoms. The Kier molecular flexibility index (Phi) is 7.62. The van der Waals surface area contributed by atoms with Crippen LogP contribution in [0.25, 0.3) is 0 Å². The number of alkyl halides is 6. The minimum absolute atomic E-state index is 0.00259. The van der Waals surface area contributed by atoms with Gasteiger partial charge in [0.15, 0.2) is 9.84 Å². The topological polar surface area (TPSA) is 124 Å². The van der Waals surface area contributed by atoms with Gasteiger partial charge in [0.25, 0.3) is 17.4 Å². The number of rotatable bonds is 6. The molecule has 8 nitrogen and oxygen atoms in total. The normalized spacial score (nSPS) is 17.2. The van der Waals surface area contributed by atoms with E-state index in [1.165, 1.54) is 25.1 Å². The van der Waals surface area contributed by atoms with E-state index in [0.29, 0.717) is 29.8 Å². The van der Waals surface area contributed by atoms with Crippen LogP contribution in [-0.2, 0) is 31.6 Å². The second kappa shape index (κ2) is 9.85. The summed E-state index contributed by atoms with van der Waals surface area (Å²) in [7, 11) is -3.64. The monoisotopic (exact) mass is 568 g/mol. The SMILES string of the molecule is CC[C@@H](O)C(=O)N1Cc2cc(S(C)(=O)=O)ccc2[C@H]1C(=O)Nc1ccc(C(O)(C(F)(F)F)C(F)(F)F)cc1. The minimum atomic E-state index is -6.09. The molecule has 2 aromatic carbocycles. The van der Waals surface area contributed by atoms with Crippen molar-refractivity contribution < 1.29 is 54.6 Å². The van der Waals surface area contributed by atoms with E-state index in [2.05, 4.69) is 5.32 Å². The number of hydrogen-bond acceptors (Lipinski definition) is 6. The lowest BCUT2D eigenvalue weighted by molar-refractivity contribution is -0.376. The third kappa shape index (κ3) is 5.22. The highest BCUT2D eigenvalue weighted by atomic mass is 32.2. The molecule has 0 radical (unpaired) electrons. The van der Waals surface area contributed by atoms with Crippen molar-refractivity contribution in [1.29, 1.82) is 0 Å². The number of aliphatic hydroxyl groups is 2. The molecule has 1 aliphatic heterocycles. The average molecular weight is 568 g/mol. The number of amides is 2. The van der Waals surface area contributed by atoms with Crippen molar-refractivity contribution in [3.05, 3.63) is 59.2 Å². The lowest BCUT2D eigenvalue weighted by Gasteiger charge is -2.32. The lowest BCUT2D eigenvalue weighted by Crippen LogP contribution is -2.53. The molecule has 1 aliphatic rings. The fourth-order valence-electron chi connectivity index (χ4n) is 4.01. The highest BCUT2D eigenvalue weighted by Crippen LogP contribution is 2.50. The molecule has 38 heavy (non-hydrogen) atoms. The molecule has 1 heterocycles. The predicted molar refractivity (Wildman–Crippen MR) is 120 cm³/mol. The van der Waals surface area contributed by atoms with Crippen molar-refractivity contribution in [3.8, 4) is 0 Å². The third-order valence-corrected chi connectivity index (χ3v) is 7.19. The van der Waals surface area contributed by atoms with Crippen molar-refractivity contribution in [2.24, 2.45) is 0 Å². The second-order valence-electron chi connectivity index (χ2n) is 8.70. The summed E-state index contributed by atoms with van der Waals surface area (Å²) in [6, 6.07) is 4.51. The van der Waals surface area contributed by atoms with Crippen molar-refractivity contribution >= 4 is 27.3 Å². The molecule has 2 amide bonds. The number of halogens is 6. The number of nitrogens with zero attached hydrogens (tertiary/aromatic N) is 1. The van der Waals surface area contributed by atoms with E-state index in [1.54, 1.807) is 0 Å². The van der Waals surface area contributed by atoms with Crippen LogP contribution < -0.4 is 5.32 Å². The number of hydrogen-bond donors (Lipinski definition) is 3. The first-order chi connectivity index (χ1) is 17.3. The second-order valence-corrected chi connectivity index (χ2v) is 10.7.